The third-order valence-corrected chi connectivity index (χ3v) is 5.70. The highest BCUT2D eigenvalue weighted by Gasteiger charge is 2.14. The van der Waals surface area contributed by atoms with Crippen molar-refractivity contribution in [3.63, 3.8) is 0 Å². The molecule has 0 aromatic carbocycles. The smallest absolute Gasteiger partial charge is 0.182 e. The van der Waals surface area contributed by atoms with Crippen LogP contribution in [0.25, 0.3) is 0 Å². The summed E-state index contributed by atoms with van der Waals surface area (Å²) >= 11 is 0. The Hall–Kier alpha value is -0.0800. The Labute approximate surface area is 173 Å². The van der Waals surface area contributed by atoms with Crippen molar-refractivity contribution < 1.29 is 9.22 Å². The molecule has 27 heavy (non-hydrogen) atoms. The maximum atomic E-state index is 5.97. The third kappa shape index (κ3) is 22.1. The minimum absolute atomic E-state index is 0.883. The van der Waals surface area contributed by atoms with Gasteiger partial charge in [-0.15, -0.1) is 0 Å². The summed E-state index contributed by atoms with van der Waals surface area (Å²) in [6.45, 7) is 7.67. The number of rotatable bonds is 22. The van der Waals surface area contributed by atoms with Crippen molar-refractivity contribution >= 4 is 0 Å². The van der Waals surface area contributed by atoms with Gasteiger partial charge >= 0.3 is 0 Å². The Kier molecular flexibility index (Phi) is 20.6. The summed E-state index contributed by atoms with van der Waals surface area (Å²) in [5, 5.41) is 0. The van der Waals surface area contributed by atoms with Crippen LogP contribution in [0.3, 0.4) is 0 Å². The molecule has 0 rings (SSSR count). The molecule has 0 aliphatic heterocycles. The standard InChI is InChI=1S/C25H54NO/c1-5-7-9-11-13-15-16-18-20-22-24-27-25-26(3,4)23-21-19-17-14-12-10-8-6-2/h5-25H2,1-4H3/q+1. The van der Waals surface area contributed by atoms with Gasteiger partial charge in [0.25, 0.3) is 0 Å². The van der Waals surface area contributed by atoms with Gasteiger partial charge in [0.05, 0.1) is 27.2 Å². The van der Waals surface area contributed by atoms with E-state index in [1.54, 1.807) is 0 Å². The van der Waals surface area contributed by atoms with E-state index in [2.05, 4.69) is 27.9 Å². The molecule has 0 N–H and O–H groups in total. The van der Waals surface area contributed by atoms with Crippen molar-refractivity contribution in [2.24, 2.45) is 0 Å². The molecule has 0 spiro atoms. The molecule has 0 saturated carbocycles. The fraction of sp³-hybridized carbons (Fsp3) is 1.00. The summed E-state index contributed by atoms with van der Waals surface area (Å²) in [5.74, 6) is 0. The summed E-state index contributed by atoms with van der Waals surface area (Å²) in [7, 11) is 4.64. The van der Waals surface area contributed by atoms with Gasteiger partial charge in [-0.2, -0.15) is 0 Å². The first-order chi connectivity index (χ1) is 13.1. The Bertz CT molecular complexity index is 277. The SMILES string of the molecule is CCCCCCCCCCCCOC[N+](C)(C)CCCCCCCCCC. The van der Waals surface area contributed by atoms with Gasteiger partial charge in [0.2, 0.25) is 0 Å². The predicted octanol–water partition coefficient (Wildman–Crippen LogP) is 8.10. The van der Waals surface area contributed by atoms with E-state index in [0.717, 1.165) is 17.8 Å². The molecule has 0 heterocycles. The van der Waals surface area contributed by atoms with Gasteiger partial charge in [0.15, 0.2) is 6.73 Å². The van der Waals surface area contributed by atoms with Crippen molar-refractivity contribution in [2.45, 2.75) is 129 Å². The van der Waals surface area contributed by atoms with Crippen molar-refractivity contribution in [2.75, 3.05) is 34.0 Å². The van der Waals surface area contributed by atoms with Gasteiger partial charge in [0, 0.05) is 0 Å². The highest BCUT2D eigenvalue weighted by Crippen LogP contribution is 2.12. The van der Waals surface area contributed by atoms with Crippen LogP contribution in [-0.2, 0) is 4.74 Å². The molecule has 0 bridgehead atoms. The Morgan fingerprint density at radius 1 is 0.481 bits per heavy atom. The van der Waals surface area contributed by atoms with Gasteiger partial charge in [-0.25, -0.2) is 0 Å². The molecule has 0 unspecified atom stereocenters. The molecule has 0 aromatic heterocycles. The van der Waals surface area contributed by atoms with E-state index < -0.39 is 0 Å². The van der Waals surface area contributed by atoms with E-state index in [1.807, 2.05) is 0 Å². The largest absolute Gasteiger partial charge is 0.332 e. The molecule has 0 radical (unpaired) electrons. The number of nitrogens with zero attached hydrogens (tertiary/aromatic N) is 1. The number of hydrogen-bond donors (Lipinski definition) is 0. The van der Waals surface area contributed by atoms with Crippen molar-refractivity contribution in [1.29, 1.82) is 0 Å². The summed E-state index contributed by atoms with van der Waals surface area (Å²) < 4.78 is 6.99. The molecule has 0 fully saturated rings. The highest BCUT2D eigenvalue weighted by molar-refractivity contribution is 4.48. The van der Waals surface area contributed by atoms with Gasteiger partial charge in [-0.05, 0) is 19.3 Å². The van der Waals surface area contributed by atoms with E-state index in [-0.39, 0.29) is 0 Å². The molecule has 2 heteroatoms. The summed E-state index contributed by atoms with van der Waals surface area (Å²) in [4.78, 5) is 0. The minimum atomic E-state index is 0.883. The van der Waals surface area contributed by atoms with Crippen LogP contribution in [0.2, 0.25) is 0 Å². The van der Waals surface area contributed by atoms with Crippen LogP contribution in [0.5, 0.6) is 0 Å². The molecular weight excluding hydrogens is 330 g/mol. The predicted molar refractivity (Wildman–Crippen MR) is 122 cm³/mol. The zero-order valence-electron chi connectivity index (χ0n) is 19.7. The van der Waals surface area contributed by atoms with Crippen LogP contribution in [0.15, 0.2) is 0 Å². The van der Waals surface area contributed by atoms with E-state index in [9.17, 15) is 0 Å². The summed E-state index contributed by atoms with van der Waals surface area (Å²) in [5.41, 5.74) is 0. The molecule has 2 nitrogen and oxygen atoms in total. The van der Waals surface area contributed by atoms with E-state index in [1.165, 1.54) is 122 Å². The molecule has 164 valence electrons. The molecule has 0 saturated heterocycles. The van der Waals surface area contributed by atoms with Crippen LogP contribution in [0.1, 0.15) is 129 Å². The summed E-state index contributed by atoms with van der Waals surface area (Å²) in [6.07, 6.45) is 25.2. The van der Waals surface area contributed by atoms with Gasteiger partial charge in [0.1, 0.15) is 0 Å². The zero-order chi connectivity index (χ0) is 20.1. The summed E-state index contributed by atoms with van der Waals surface area (Å²) in [6, 6.07) is 0. The van der Waals surface area contributed by atoms with Crippen LogP contribution in [-0.4, -0.2) is 38.5 Å². The topological polar surface area (TPSA) is 9.23 Å². The molecule has 0 atom stereocenters. The highest BCUT2D eigenvalue weighted by atomic mass is 16.5. The second-order valence-electron chi connectivity index (χ2n) is 9.35. The van der Waals surface area contributed by atoms with Gasteiger partial charge in [-0.1, -0.05) is 110 Å². The number of unbranched alkanes of at least 4 members (excludes halogenated alkanes) is 16. The lowest BCUT2D eigenvalue weighted by molar-refractivity contribution is -0.909. The molecule has 0 aromatic rings. The number of hydrogen-bond acceptors (Lipinski definition) is 1. The van der Waals surface area contributed by atoms with Crippen LogP contribution in [0.4, 0.5) is 0 Å². The van der Waals surface area contributed by atoms with E-state index in [4.69, 9.17) is 4.74 Å². The second-order valence-corrected chi connectivity index (χ2v) is 9.35. The maximum Gasteiger partial charge on any atom is 0.182 e. The number of ether oxygens (including phenoxy) is 1. The molecule has 0 aliphatic rings. The average Bonchev–Trinajstić information content (AvgIpc) is 2.64. The average molecular weight is 385 g/mol. The first-order valence-corrected chi connectivity index (χ1v) is 12.5. The Morgan fingerprint density at radius 2 is 0.852 bits per heavy atom. The van der Waals surface area contributed by atoms with E-state index >= 15 is 0 Å². The van der Waals surface area contributed by atoms with Crippen molar-refractivity contribution in [1.82, 2.24) is 0 Å². The lowest BCUT2D eigenvalue weighted by Gasteiger charge is -2.29. The fourth-order valence-corrected chi connectivity index (χ4v) is 3.74. The van der Waals surface area contributed by atoms with Gasteiger partial charge in [-0.3, -0.25) is 0 Å². The molecule has 0 aliphatic carbocycles. The Morgan fingerprint density at radius 3 is 1.30 bits per heavy atom. The van der Waals surface area contributed by atoms with Crippen LogP contribution in [0, 0.1) is 0 Å². The normalized spacial score (nSPS) is 12.0. The first-order valence-electron chi connectivity index (χ1n) is 12.5. The monoisotopic (exact) mass is 384 g/mol. The molecule has 0 amide bonds. The first kappa shape index (κ1) is 26.9. The van der Waals surface area contributed by atoms with Crippen LogP contribution >= 0.6 is 0 Å². The zero-order valence-corrected chi connectivity index (χ0v) is 19.7. The van der Waals surface area contributed by atoms with Crippen molar-refractivity contribution in [3.05, 3.63) is 0 Å². The van der Waals surface area contributed by atoms with Crippen molar-refractivity contribution in [3.8, 4) is 0 Å². The lowest BCUT2D eigenvalue weighted by atomic mass is 10.1. The maximum absolute atomic E-state index is 5.97. The lowest BCUT2D eigenvalue weighted by Crippen LogP contribution is -2.42. The third-order valence-electron chi connectivity index (χ3n) is 5.70. The fourth-order valence-electron chi connectivity index (χ4n) is 3.74. The van der Waals surface area contributed by atoms with Crippen LogP contribution < -0.4 is 0 Å². The molecular formula is C25H54NO+. The van der Waals surface area contributed by atoms with Gasteiger partial charge < -0.3 is 9.22 Å². The minimum Gasteiger partial charge on any atom is -0.332 e. The Balaban J connectivity index is 3.30. The number of quaternary nitrogens is 1. The van der Waals surface area contributed by atoms with E-state index in [0.29, 0.717) is 0 Å². The second kappa shape index (κ2) is 20.6. The quantitative estimate of drug-likeness (QED) is 0.104.